The van der Waals surface area contributed by atoms with Crippen LogP contribution in [-0.2, 0) is 16.0 Å². The third-order valence-electron chi connectivity index (χ3n) is 3.03. The fraction of sp³-hybridized carbons (Fsp3) is 0.462. The monoisotopic (exact) mass is 286 g/mol. The molecule has 0 bridgehead atoms. The molecule has 1 saturated heterocycles. The zero-order chi connectivity index (χ0) is 13.0. The van der Waals surface area contributed by atoms with Crippen LogP contribution in [-0.4, -0.2) is 48.3 Å². The third-order valence-corrected chi connectivity index (χ3v) is 3.03. The first kappa shape index (κ1) is 15.8. The highest BCUT2D eigenvalue weighted by Gasteiger charge is 2.23. The lowest BCUT2D eigenvalue weighted by molar-refractivity contribution is -0.139. The van der Waals surface area contributed by atoms with Gasteiger partial charge in [0.15, 0.2) is 0 Å². The molecule has 2 rings (SSSR count). The van der Waals surface area contributed by atoms with Crippen LogP contribution in [0.1, 0.15) is 5.56 Å². The minimum Gasteiger partial charge on any atom is -0.399 e. The molecule has 6 heteroatoms. The Kier molecular flexibility index (Phi) is 6.08. The summed E-state index contributed by atoms with van der Waals surface area (Å²) in [5, 5.41) is 9.03. The number of carbonyl (C=O) groups excluding carboxylic acids is 1. The van der Waals surface area contributed by atoms with E-state index < -0.39 is 0 Å². The Hall–Kier alpha value is -1.30. The number of aliphatic hydroxyl groups is 1. The predicted octanol–water partition coefficient (Wildman–Crippen LogP) is 0.453. The van der Waals surface area contributed by atoms with Crippen molar-refractivity contribution in [1.82, 2.24) is 4.90 Å². The summed E-state index contributed by atoms with van der Waals surface area (Å²) in [5.41, 5.74) is 7.23. The van der Waals surface area contributed by atoms with Crippen LogP contribution in [0, 0.1) is 0 Å². The van der Waals surface area contributed by atoms with E-state index in [4.69, 9.17) is 15.6 Å². The Bertz CT molecular complexity index is 411. The van der Waals surface area contributed by atoms with Gasteiger partial charge in [-0.05, 0) is 17.7 Å². The first-order valence-electron chi connectivity index (χ1n) is 6.03. The van der Waals surface area contributed by atoms with Crippen LogP contribution in [0.2, 0.25) is 0 Å². The zero-order valence-electron chi connectivity index (χ0n) is 10.6. The average molecular weight is 287 g/mol. The highest BCUT2D eigenvalue weighted by Crippen LogP contribution is 2.10. The first-order chi connectivity index (χ1) is 8.69. The molecule has 0 spiro atoms. The Morgan fingerprint density at radius 3 is 2.74 bits per heavy atom. The molecule has 0 saturated carbocycles. The molecule has 0 aromatic heterocycles. The second kappa shape index (κ2) is 7.33. The lowest BCUT2D eigenvalue weighted by Gasteiger charge is -2.32. The van der Waals surface area contributed by atoms with Gasteiger partial charge >= 0.3 is 0 Å². The van der Waals surface area contributed by atoms with E-state index in [1.54, 1.807) is 17.0 Å². The van der Waals surface area contributed by atoms with Gasteiger partial charge in [0.25, 0.3) is 0 Å². The molecule has 0 aliphatic carbocycles. The third kappa shape index (κ3) is 4.38. The van der Waals surface area contributed by atoms with Gasteiger partial charge in [0, 0.05) is 18.8 Å². The summed E-state index contributed by atoms with van der Waals surface area (Å²) < 4.78 is 5.31. The van der Waals surface area contributed by atoms with Gasteiger partial charge in [-0.2, -0.15) is 0 Å². The van der Waals surface area contributed by atoms with Crippen LogP contribution < -0.4 is 5.73 Å². The van der Waals surface area contributed by atoms with E-state index in [-0.39, 0.29) is 31.0 Å². The van der Waals surface area contributed by atoms with E-state index in [1.807, 2.05) is 12.1 Å². The molecule has 1 aromatic carbocycles. The van der Waals surface area contributed by atoms with Crippen LogP contribution in [0.25, 0.3) is 0 Å². The Labute approximate surface area is 118 Å². The minimum atomic E-state index is -0.255. The number of nitrogen functional groups attached to an aromatic ring is 1. The number of hydrogen-bond acceptors (Lipinski definition) is 4. The molecule has 1 atom stereocenters. The van der Waals surface area contributed by atoms with E-state index in [0.29, 0.717) is 31.8 Å². The standard InChI is InChI=1S/C13H18N2O3.ClH/c14-11-3-1-10(2-4-11)7-13(17)15-5-6-18-12(8-15)9-16;/h1-4,12,16H,5-9,14H2;1H. The second-order valence-corrected chi connectivity index (χ2v) is 4.43. The number of anilines is 1. The number of nitrogens with zero attached hydrogens (tertiary/aromatic N) is 1. The smallest absolute Gasteiger partial charge is 0.227 e. The number of ether oxygens (including phenoxy) is 1. The van der Waals surface area contributed by atoms with Gasteiger partial charge in [-0.3, -0.25) is 4.79 Å². The van der Waals surface area contributed by atoms with Gasteiger partial charge in [-0.1, -0.05) is 12.1 Å². The van der Waals surface area contributed by atoms with E-state index in [9.17, 15) is 4.79 Å². The van der Waals surface area contributed by atoms with Crippen molar-refractivity contribution in [2.24, 2.45) is 0 Å². The summed E-state index contributed by atoms with van der Waals surface area (Å²) in [4.78, 5) is 13.8. The molecule has 1 heterocycles. The molecular formula is C13H19ClN2O3. The van der Waals surface area contributed by atoms with Crippen LogP contribution in [0.4, 0.5) is 5.69 Å². The zero-order valence-corrected chi connectivity index (χ0v) is 11.4. The van der Waals surface area contributed by atoms with Gasteiger partial charge in [0.1, 0.15) is 0 Å². The van der Waals surface area contributed by atoms with E-state index in [1.165, 1.54) is 0 Å². The SMILES string of the molecule is Cl.Nc1ccc(CC(=O)N2CCOC(CO)C2)cc1. The first-order valence-corrected chi connectivity index (χ1v) is 6.03. The van der Waals surface area contributed by atoms with Gasteiger partial charge < -0.3 is 20.5 Å². The Morgan fingerprint density at radius 2 is 2.11 bits per heavy atom. The van der Waals surface area contributed by atoms with Crippen molar-refractivity contribution in [3.05, 3.63) is 29.8 Å². The number of carbonyl (C=O) groups is 1. The van der Waals surface area contributed by atoms with Crippen LogP contribution in [0.3, 0.4) is 0 Å². The van der Waals surface area contributed by atoms with Crippen molar-refractivity contribution < 1.29 is 14.6 Å². The molecular weight excluding hydrogens is 268 g/mol. The van der Waals surface area contributed by atoms with Gasteiger partial charge in [0.2, 0.25) is 5.91 Å². The van der Waals surface area contributed by atoms with E-state index in [0.717, 1.165) is 5.56 Å². The fourth-order valence-electron chi connectivity index (χ4n) is 1.98. The summed E-state index contributed by atoms with van der Waals surface area (Å²) in [7, 11) is 0. The quantitative estimate of drug-likeness (QED) is 0.791. The summed E-state index contributed by atoms with van der Waals surface area (Å²) in [6, 6.07) is 7.30. The van der Waals surface area contributed by atoms with Crippen molar-refractivity contribution in [3.8, 4) is 0 Å². The molecule has 3 N–H and O–H groups in total. The van der Waals surface area contributed by atoms with Crippen molar-refractivity contribution in [1.29, 1.82) is 0 Å². The van der Waals surface area contributed by atoms with Crippen molar-refractivity contribution >= 4 is 24.0 Å². The molecule has 1 aromatic rings. The molecule has 0 radical (unpaired) electrons. The molecule has 1 fully saturated rings. The maximum atomic E-state index is 12.1. The van der Waals surface area contributed by atoms with Gasteiger partial charge in [-0.15, -0.1) is 12.4 Å². The van der Waals surface area contributed by atoms with Gasteiger partial charge in [-0.25, -0.2) is 0 Å². The maximum Gasteiger partial charge on any atom is 0.227 e. The lowest BCUT2D eigenvalue weighted by atomic mass is 10.1. The predicted molar refractivity (Wildman–Crippen MR) is 75.2 cm³/mol. The highest BCUT2D eigenvalue weighted by molar-refractivity contribution is 5.85. The van der Waals surface area contributed by atoms with E-state index in [2.05, 4.69) is 0 Å². The minimum absolute atomic E-state index is 0. The molecule has 1 aliphatic rings. The number of morpholine rings is 1. The van der Waals surface area contributed by atoms with Crippen LogP contribution in [0.15, 0.2) is 24.3 Å². The summed E-state index contributed by atoms with van der Waals surface area (Å²) in [5.74, 6) is 0.0570. The van der Waals surface area contributed by atoms with Crippen molar-refractivity contribution in [3.63, 3.8) is 0 Å². The fourth-order valence-corrected chi connectivity index (χ4v) is 1.98. The van der Waals surface area contributed by atoms with Crippen LogP contribution >= 0.6 is 12.4 Å². The van der Waals surface area contributed by atoms with Crippen molar-refractivity contribution in [2.45, 2.75) is 12.5 Å². The molecule has 1 aliphatic heterocycles. The molecule has 19 heavy (non-hydrogen) atoms. The Morgan fingerprint density at radius 1 is 1.42 bits per heavy atom. The van der Waals surface area contributed by atoms with Crippen molar-refractivity contribution in [2.75, 3.05) is 32.0 Å². The molecule has 5 nitrogen and oxygen atoms in total. The molecule has 1 amide bonds. The maximum absolute atomic E-state index is 12.1. The second-order valence-electron chi connectivity index (χ2n) is 4.43. The average Bonchev–Trinajstić information content (AvgIpc) is 2.41. The largest absolute Gasteiger partial charge is 0.399 e. The molecule has 1 unspecified atom stereocenters. The Balaban J connectivity index is 0.00000180. The number of rotatable bonds is 3. The number of amides is 1. The topological polar surface area (TPSA) is 75.8 Å². The molecule has 106 valence electrons. The number of halogens is 1. The normalized spacial score (nSPS) is 18.8. The number of nitrogens with two attached hydrogens (primary N) is 1. The summed E-state index contributed by atoms with van der Waals surface area (Å²) >= 11 is 0. The van der Waals surface area contributed by atoms with Crippen LogP contribution in [0.5, 0.6) is 0 Å². The van der Waals surface area contributed by atoms with Gasteiger partial charge in [0.05, 0.1) is 25.7 Å². The highest BCUT2D eigenvalue weighted by atomic mass is 35.5. The number of aliphatic hydroxyl groups excluding tert-OH is 1. The summed E-state index contributed by atoms with van der Waals surface area (Å²) in [6.07, 6.45) is 0.104. The lowest BCUT2D eigenvalue weighted by Crippen LogP contribution is -2.47. The number of hydrogen-bond donors (Lipinski definition) is 2. The van der Waals surface area contributed by atoms with E-state index >= 15 is 0 Å². The number of benzene rings is 1. The summed E-state index contributed by atoms with van der Waals surface area (Å²) in [6.45, 7) is 1.49.